The summed E-state index contributed by atoms with van der Waals surface area (Å²) < 4.78 is 26.1. The van der Waals surface area contributed by atoms with E-state index < -0.39 is 16.1 Å². The number of amides is 1. The zero-order chi connectivity index (χ0) is 12.5. The van der Waals surface area contributed by atoms with Crippen molar-refractivity contribution in [2.45, 2.75) is 17.4 Å². The predicted octanol–water partition coefficient (Wildman–Crippen LogP) is -0.703. The van der Waals surface area contributed by atoms with Crippen LogP contribution in [0.4, 0.5) is 0 Å². The van der Waals surface area contributed by atoms with Crippen LogP contribution >= 0.6 is 11.6 Å². The summed E-state index contributed by atoms with van der Waals surface area (Å²) in [5, 5.41) is 2.51. The lowest BCUT2D eigenvalue weighted by atomic mass is 10.3. The standard InChI is InChI=1S/C8H9ClN4O3S/c9-8-11-3-6(4-12-8)17(15,16)13-5-1-7(14)10-2-5/h3-5,13H,1-2H2,(H,10,14). The molecule has 9 heteroatoms. The number of sulfonamides is 1. The lowest BCUT2D eigenvalue weighted by Gasteiger charge is -2.10. The number of aromatic nitrogens is 2. The van der Waals surface area contributed by atoms with Gasteiger partial charge >= 0.3 is 0 Å². The van der Waals surface area contributed by atoms with Gasteiger partial charge in [0.1, 0.15) is 4.90 Å². The fraction of sp³-hybridized carbons (Fsp3) is 0.375. The SMILES string of the molecule is O=C1CC(NS(=O)(=O)c2cnc(Cl)nc2)CN1. The molecule has 0 radical (unpaired) electrons. The van der Waals surface area contributed by atoms with Crippen molar-refractivity contribution in [1.82, 2.24) is 20.0 Å². The minimum absolute atomic E-state index is 0.0262. The first-order valence-electron chi connectivity index (χ1n) is 4.74. The second-order valence-electron chi connectivity index (χ2n) is 3.51. The highest BCUT2D eigenvalue weighted by Gasteiger charge is 2.27. The van der Waals surface area contributed by atoms with Gasteiger partial charge in [0.2, 0.25) is 21.2 Å². The van der Waals surface area contributed by atoms with Gasteiger partial charge in [-0.2, -0.15) is 0 Å². The highest BCUT2D eigenvalue weighted by atomic mass is 35.5. The number of halogens is 1. The van der Waals surface area contributed by atoms with Crippen LogP contribution in [0.2, 0.25) is 5.28 Å². The zero-order valence-electron chi connectivity index (χ0n) is 8.55. The monoisotopic (exact) mass is 276 g/mol. The molecule has 2 heterocycles. The lowest BCUT2D eigenvalue weighted by molar-refractivity contribution is -0.119. The molecule has 7 nitrogen and oxygen atoms in total. The molecule has 1 aliphatic rings. The Balaban J connectivity index is 2.14. The molecular formula is C8H9ClN4O3S. The summed E-state index contributed by atoms with van der Waals surface area (Å²) in [7, 11) is -3.71. The number of hydrogen-bond donors (Lipinski definition) is 2. The average molecular weight is 277 g/mol. The van der Waals surface area contributed by atoms with Crippen molar-refractivity contribution < 1.29 is 13.2 Å². The van der Waals surface area contributed by atoms with Gasteiger partial charge in [0.15, 0.2) is 0 Å². The van der Waals surface area contributed by atoms with E-state index in [4.69, 9.17) is 11.6 Å². The number of carbonyl (C=O) groups is 1. The minimum atomic E-state index is -3.71. The summed E-state index contributed by atoms with van der Waals surface area (Å²) in [5.74, 6) is -0.176. The second-order valence-corrected chi connectivity index (χ2v) is 5.57. The molecule has 92 valence electrons. The summed E-state index contributed by atoms with van der Waals surface area (Å²) in [6, 6.07) is -0.442. The van der Waals surface area contributed by atoms with Crippen LogP contribution < -0.4 is 10.0 Å². The maximum absolute atomic E-state index is 11.8. The third-order valence-corrected chi connectivity index (χ3v) is 3.88. The van der Waals surface area contributed by atoms with Gasteiger partial charge in [0, 0.05) is 19.0 Å². The first-order valence-corrected chi connectivity index (χ1v) is 6.60. The van der Waals surface area contributed by atoms with Crippen LogP contribution in [-0.4, -0.2) is 36.9 Å². The van der Waals surface area contributed by atoms with Crippen molar-refractivity contribution >= 4 is 27.5 Å². The Morgan fingerprint density at radius 1 is 1.41 bits per heavy atom. The number of carbonyl (C=O) groups excluding carboxylic acids is 1. The molecule has 1 amide bonds. The number of nitrogens with one attached hydrogen (secondary N) is 2. The molecule has 2 N–H and O–H groups in total. The number of rotatable bonds is 3. The molecule has 17 heavy (non-hydrogen) atoms. The number of hydrogen-bond acceptors (Lipinski definition) is 5. The first-order chi connectivity index (χ1) is 7.97. The van der Waals surface area contributed by atoms with Gasteiger partial charge in [-0.3, -0.25) is 4.79 Å². The molecule has 0 saturated carbocycles. The molecule has 1 unspecified atom stereocenters. The van der Waals surface area contributed by atoms with Crippen molar-refractivity contribution in [3.63, 3.8) is 0 Å². The van der Waals surface area contributed by atoms with Crippen molar-refractivity contribution in [2.75, 3.05) is 6.54 Å². The Bertz CT molecular complexity index is 530. The molecule has 0 spiro atoms. The fourth-order valence-corrected chi connectivity index (χ4v) is 2.64. The largest absolute Gasteiger partial charge is 0.354 e. The highest BCUT2D eigenvalue weighted by molar-refractivity contribution is 7.89. The van der Waals surface area contributed by atoms with Gasteiger partial charge in [-0.1, -0.05) is 0 Å². The Morgan fingerprint density at radius 2 is 2.06 bits per heavy atom. The molecule has 0 aromatic carbocycles. The van der Waals surface area contributed by atoms with E-state index in [-0.39, 0.29) is 29.1 Å². The summed E-state index contributed by atoms with van der Waals surface area (Å²) in [6.45, 7) is 0.284. The Morgan fingerprint density at radius 3 is 2.59 bits per heavy atom. The van der Waals surface area contributed by atoms with E-state index in [0.29, 0.717) is 0 Å². The first kappa shape index (κ1) is 12.2. The Labute approximate surface area is 103 Å². The maximum Gasteiger partial charge on any atom is 0.243 e. The third kappa shape index (κ3) is 2.90. The van der Waals surface area contributed by atoms with Gasteiger partial charge in [0.05, 0.1) is 12.4 Å². The summed E-state index contributed by atoms with van der Waals surface area (Å²) in [5.41, 5.74) is 0. The zero-order valence-corrected chi connectivity index (χ0v) is 10.1. The van der Waals surface area contributed by atoms with E-state index in [9.17, 15) is 13.2 Å². The molecule has 2 rings (SSSR count). The predicted molar refractivity (Wildman–Crippen MR) is 58.8 cm³/mol. The van der Waals surface area contributed by atoms with E-state index in [1.165, 1.54) is 0 Å². The van der Waals surface area contributed by atoms with E-state index in [1.54, 1.807) is 0 Å². The van der Waals surface area contributed by atoms with E-state index in [1.807, 2.05) is 0 Å². The van der Waals surface area contributed by atoms with E-state index in [0.717, 1.165) is 12.4 Å². The minimum Gasteiger partial charge on any atom is -0.354 e. The van der Waals surface area contributed by atoms with Gasteiger partial charge < -0.3 is 5.32 Å². The molecule has 1 aromatic heterocycles. The van der Waals surface area contributed by atoms with E-state index >= 15 is 0 Å². The third-order valence-electron chi connectivity index (χ3n) is 2.21. The molecular weight excluding hydrogens is 268 g/mol. The molecule has 1 aliphatic heterocycles. The summed E-state index contributed by atoms with van der Waals surface area (Å²) in [4.78, 5) is 18.0. The molecule has 1 fully saturated rings. The molecule has 1 saturated heterocycles. The van der Waals surface area contributed by atoms with Crippen LogP contribution in [0.15, 0.2) is 17.3 Å². The summed E-state index contributed by atoms with van der Waals surface area (Å²) >= 11 is 5.46. The highest BCUT2D eigenvalue weighted by Crippen LogP contribution is 2.10. The molecule has 0 aliphatic carbocycles. The van der Waals surface area contributed by atoms with Crippen LogP contribution in [-0.2, 0) is 14.8 Å². The van der Waals surface area contributed by atoms with Gasteiger partial charge in [-0.25, -0.2) is 23.1 Å². The number of nitrogens with zero attached hydrogens (tertiary/aromatic N) is 2. The second kappa shape index (κ2) is 4.55. The van der Waals surface area contributed by atoms with Crippen LogP contribution in [0.25, 0.3) is 0 Å². The van der Waals surface area contributed by atoms with Crippen molar-refractivity contribution in [3.8, 4) is 0 Å². The fourth-order valence-electron chi connectivity index (χ4n) is 1.42. The lowest BCUT2D eigenvalue weighted by Crippen LogP contribution is -2.36. The maximum atomic E-state index is 11.8. The molecule has 1 atom stereocenters. The normalized spacial score (nSPS) is 20.3. The van der Waals surface area contributed by atoms with Crippen LogP contribution in [0, 0.1) is 0 Å². The van der Waals surface area contributed by atoms with Gasteiger partial charge in [0.25, 0.3) is 0 Å². The topological polar surface area (TPSA) is 101 Å². The smallest absolute Gasteiger partial charge is 0.243 e. The van der Waals surface area contributed by atoms with Crippen molar-refractivity contribution in [2.24, 2.45) is 0 Å². The molecule has 0 bridgehead atoms. The molecule has 1 aromatic rings. The summed E-state index contributed by atoms with van der Waals surface area (Å²) in [6.07, 6.45) is 2.36. The Kier molecular flexibility index (Phi) is 3.27. The van der Waals surface area contributed by atoms with Crippen LogP contribution in [0.5, 0.6) is 0 Å². The Hall–Kier alpha value is -1.25. The van der Waals surface area contributed by atoms with Crippen molar-refractivity contribution in [3.05, 3.63) is 17.7 Å². The van der Waals surface area contributed by atoms with Crippen LogP contribution in [0.3, 0.4) is 0 Å². The van der Waals surface area contributed by atoms with Crippen LogP contribution in [0.1, 0.15) is 6.42 Å². The van der Waals surface area contributed by atoms with E-state index in [2.05, 4.69) is 20.0 Å². The average Bonchev–Trinajstić information content (AvgIpc) is 2.63. The van der Waals surface area contributed by atoms with Gasteiger partial charge in [-0.15, -0.1) is 0 Å². The van der Waals surface area contributed by atoms with Crippen molar-refractivity contribution in [1.29, 1.82) is 0 Å². The van der Waals surface area contributed by atoms with Gasteiger partial charge in [-0.05, 0) is 11.6 Å². The quantitative estimate of drug-likeness (QED) is 0.711.